The summed E-state index contributed by atoms with van der Waals surface area (Å²) in [5.74, 6) is 0.661. The van der Waals surface area contributed by atoms with E-state index in [1.807, 2.05) is 89.2 Å². The number of nitrogens with zero attached hydrogens (tertiary/aromatic N) is 3. The summed E-state index contributed by atoms with van der Waals surface area (Å²) in [7, 11) is 0. The van der Waals surface area contributed by atoms with Crippen LogP contribution in [0.3, 0.4) is 0 Å². The van der Waals surface area contributed by atoms with E-state index in [1.54, 1.807) is 0 Å². The molecule has 1 N–H and O–H groups in total. The molecule has 1 aromatic heterocycles. The van der Waals surface area contributed by atoms with Crippen molar-refractivity contribution in [1.29, 1.82) is 0 Å². The first-order valence-electron chi connectivity index (χ1n) is 12.2. The van der Waals surface area contributed by atoms with Crippen LogP contribution >= 0.6 is 0 Å². The molecule has 0 radical (unpaired) electrons. The Morgan fingerprint density at radius 2 is 1.57 bits per heavy atom. The molecule has 0 bridgehead atoms. The number of aryl methyl sites for hydroxylation is 1. The molecular weight excluding hydrogens is 436 g/mol. The molecule has 178 valence electrons. The van der Waals surface area contributed by atoms with Crippen molar-refractivity contribution >= 4 is 22.8 Å². The third-order valence-corrected chi connectivity index (χ3v) is 6.73. The van der Waals surface area contributed by atoms with Gasteiger partial charge in [-0.15, -0.1) is 0 Å². The molecule has 6 nitrogen and oxygen atoms in total. The average molecular weight is 467 g/mol. The van der Waals surface area contributed by atoms with E-state index in [0.29, 0.717) is 13.1 Å². The Bertz CT molecular complexity index is 1320. The van der Waals surface area contributed by atoms with Gasteiger partial charge >= 0.3 is 0 Å². The van der Waals surface area contributed by atoms with Gasteiger partial charge in [-0.3, -0.25) is 9.59 Å². The minimum Gasteiger partial charge on any atom is -0.356 e. The van der Waals surface area contributed by atoms with E-state index in [-0.39, 0.29) is 24.3 Å². The average Bonchev–Trinajstić information content (AvgIpc) is 3.28. The van der Waals surface area contributed by atoms with Crippen LogP contribution in [0, 0.1) is 0 Å². The molecule has 2 amide bonds. The number of nitrogens with one attached hydrogen (secondary N) is 1. The monoisotopic (exact) mass is 466 g/mol. The molecule has 2 heterocycles. The van der Waals surface area contributed by atoms with Gasteiger partial charge in [0.15, 0.2) is 0 Å². The first-order chi connectivity index (χ1) is 17.1. The quantitative estimate of drug-likeness (QED) is 0.379. The Balaban J connectivity index is 1.35. The van der Waals surface area contributed by atoms with Crippen LogP contribution in [0.4, 0.5) is 0 Å². The zero-order chi connectivity index (χ0) is 24.2. The van der Waals surface area contributed by atoms with Crippen LogP contribution in [0.5, 0.6) is 0 Å². The number of hydrogen-bond acceptors (Lipinski definition) is 3. The van der Waals surface area contributed by atoms with E-state index in [2.05, 4.69) is 17.4 Å². The number of amides is 2. The van der Waals surface area contributed by atoms with E-state index in [9.17, 15) is 9.59 Å². The van der Waals surface area contributed by atoms with E-state index in [0.717, 1.165) is 35.3 Å². The van der Waals surface area contributed by atoms with Crippen molar-refractivity contribution in [2.24, 2.45) is 0 Å². The lowest BCUT2D eigenvalue weighted by atomic mass is 10.0. The molecule has 0 saturated heterocycles. The maximum atomic E-state index is 13.8. The summed E-state index contributed by atoms with van der Waals surface area (Å²) in [6.45, 7) is 3.08. The van der Waals surface area contributed by atoms with Crippen LogP contribution in [-0.4, -0.2) is 32.8 Å². The predicted octanol–water partition coefficient (Wildman–Crippen LogP) is 4.82. The SMILES string of the molecule is C[C@@H]1c2nc3ccccc3n2[C@@H](CC(=O)NCCCc2ccccc2)C(=O)N1Cc1ccccc1. The molecule has 1 aliphatic rings. The molecule has 2 atom stereocenters. The maximum absolute atomic E-state index is 13.8. The van der Waals surface area contributed by atoms with Crippen LogP contribution in [0.2, 0.25) is 0 Å². The predicted molar refractivity (Wildman–Crippen MR) is 137 cm³/mol. The summed E-state index contributed by atoms with van der Waals surface area (Å²) in [5.41, 5.74) is 4.05. The number of fused-ring (bicyclic) bond motifs is 3. The maximum Gasteiger partial charge on any atom is 0.247 e. The fraction of sp³-hybridized carbons (Fsp3) is 0.276. The molecule has 3 aromatic carbocycles. The number of rotatable bonds is 8. The lowest BCUT2D eigenvalue weighted by molar-refractivity contribution is -0.142. The van der Waals surface area contributed by atoms with Gasteiger partial charge in [-0.2, -0.15) is 0 Å². The van der Waals surface area contributed by atoms with Crippen molar-refractivity contribution in [2.75, 3.05) is 6.54 Å². The Labute approximate surface area is 205 Å². The van der Waals surface area contributed by atoms with Crippen molar-refractivity contribution in [1.82, 2.24) is 19.8 Å². The zero-order valence-corrected chi connectivity index (χ0v) is 19.9. The van der Waals surface area contributed by atoms with Gasteiger partial charge in [-0.25, -0.2) is 4.98 Å². The van der Waals surface area contributed by atoms with Gasteiger partial charge in [0.05, 0.1) is 23.5 Å². The van der Waals surface area contributed by atoms with Gasteiger partial charge in [-0.05, 0) is 43.0 Å². The summed E-state index contributed by atoms with van der Waals surface area (Å²) in [5, 5.41) is 3.02. The highest BCUT2D eigenvalue weighted by Crippen LogP contribution is 2.37. The van der Waals surface area contributed by atoms with Crippen molar-refractivity contribution in [3.8, 4) is 0 Å². The third kappa shape index (κ3) is 4.83. The molecule has 0 unspecified atom stereocenters. The molecule has 1 aliphatic heterocycles. The minimum absolute atomic E-state index is 0.0450. The summed E-state index contributed by atoms with van der Waals surface area (Å²) < 4.78 is 1.98. The molecule has 0 fully saturated rings. The number of benzene rings is 3. The zero-order valence-electron chi connectivity index (χ0n) is 19.9. The second-order valence-corrected chi connectivity index (χ2v) is 9.12. The number of aromatic nitrogens is 2. The Morgan fingerprint density at radius 1 is 0.914 bits per heavy atom. The van der Waals surface area contributed by atoms with Crippen molar-refractivity contribution in [3.63, 3.8) is 0 Å². The fourth-order valence-electron chi connectivity index (χ4n) is 4.90. The van der Waals surface area contributed by atoms with Gasteiger partial charge in [0, 0.05) is 13.1 Å². The van der Waals surface area contributed by atoms with Crippen molar-refractivity contribution in [2.45, 2.75) is 44.8 Å². The van der Waals surface area contributed by atoms with Gasteiger partial charge in [0.2, 0.25) is 11.8 Å². The molecular formula is C29H30N4O2. The highest BCUT2D eigenvalue weighted by Gasteiger charge is 2.40. The van der Waals surface area contributed by atoms with Crippen LogP contribution in [-0.2, 0) is 22.6 Å². The van der Waals surface area contributed by atoms with Crippen LogP contribution in [0.25, 0.3) is 11.0 Å². The Hall–Kier alpha value is -3.93. The van der Waals surface area contributed by atoms with Crippen LogP contribution in [0.15, 0.2) is 84.9 Å². The molecule has 35 heavy (non-hydrogen) atoms. The molecule has 5 rings (SSSR count). The Kier molecular flexibility index (Phi) is 6.62. The number of hydrogen-bond donors (Lipinski definition) is 1. The second-order valence-electron chi connectivity index (χ2n) is 9.12. The van der Waals surface area contributed by atoms with Crippen molar-refractivity contribution < 1.29 is 9.59 Å². The highest BCUT2D eigenvalue weighted by atomic mass is 16.2. The van der Waals surface area contributed by atoms with Gasteiger partial charge < -0.3 is 14.8 Å². The number of para-hydroxylation sites is 2. The van der Waals surface area contributed by atoms with Crippen LogP contribution < -0.4 is 5.32 Å². The lowest BCUT2D eigenvalue weighted by Crippen LogP contribution is -2.46. The summed E-state index contributed by atoms with van der Waals surface area (Å²) in [6, 6.07) is 27.2. The normalized spacial score (nSPS) is 17.4. The largest absolute Gasteiger partial charge is 0.356 e. The van der Waals surface area contributed by atoms with Crippen LogP contribution in [0.1, 0.15) is 48.8 Å². The molecule has 0 aliphatic carbocycles. The smallest absolute Gasteiger partial charge is 0.247 e. The third-order valence-electron chi connectivity index (χ3n) is 6.73. The van der Waals surface area contributed by atoms with E-state index >= 15 is 0 Å². The first-order valence-corrected chi connectivity index (χ1v) is 12.2. The van der Waals surface area contributed by atoms with Gasteiger partial charge in [-0.1, -0.05) is 72.8 Å². The van der Waals surface area contributed by atoms with E-state index in [4.69, 9.17) is 4.98 Å². The molecule has 4 aromatic rings. The molecule has 0 saturated carbocycles. The van der Waals surface area contributed by atoms with Crippen molar-refractivity contribution in [3.05, 3.63) is 102 Å². The van der Waals surface area contributed by atoms with Gasteiger partial charge in [0.25, 0.3) is 0 Å². The molecule has 0 spiro atoms. The number of imidazole rings is 1. The fourth-order valence-corrected chi connectivity index (χ4v) is 4.90. The Morgan fingerprint density at radius 3 is 2.31 bits per heavy atom. The first kappa shape index (κ1) is 22.8. The summed E-state index contributed by atoms with van der Waals surface area (Å²) in [4.78, 5) is 33.5. The van der Waals surface area contributed by atoms with E-state index < -0.39 is 6.04 Å². The summed E-state index contributed by atoms with van der Waals surface area (Å²) >= 11 is 0. The second kappa shape index (κ2) is 10.1. The number of carbonyl (C=O) groups is 2. The van der Waals surface area contributed by atoms with E-state index in [1.165, 1.54) is 5.56 Å². The topological polar surface area (TPSA) is 67.2 Å². The molecule has 6 heteroatoms. The summed E-state index contributed by atoms with van der Waals surface area (Å²) in [6.07, 6.45) is 1.85. The minimum atomic E-state index is -0.619. The van der Waals surface area contributed by atoms with Gasteiger partial charge in [0.1, 0.15) is 11.9 Å². The highest BCUT2D eigenvalue weighted by molar-refractivity contribution is 5.90. The lowest BCUT2D eigenvalue weighted by Gasteiger charge is -2.38. The number of carbonyl (C=O) groups excluding carboxylic acids is 2. The standard InChI is InChI=1S/C29H30N4O2/c1-21-28-31-24-16-8-9-17-25(24)33(28)26(29(35)32(21)20-23-13-6-3-7-14-23)19-27(34)30-18-10-15-22-11-4-2-5-12-22/h2-9,11-14,16-17,21,26H,10,15,18-20H2,1H3,(H,30,34)/t21-,26+/m1/s1.